The van der Waals surface area contributed by atoms with Crippen LogP contribution in [0.25, 0.3) is 0 Å². The Morgan fingerprint density at radius 3 is 2.64 bits per heavy atom. The van der Waals surface area contributed by atoms with E-state index in [1.165, 1.54) is 12.1 Å². The van der Waals surface area contributed by atoms with E-state index in [0.717, 1.165) is 0 Å². The van der Waals surface area contributed by atoms with Crippen LogP contribution >= 0.6 is 0 Å². The molecule has 11 heavy (non-hydrogen) atoms. The number of alkyl halides is 1. The Morgan fingerprint density at radius 2 is 2.09 bits per heavy atom. The second-order valence-corrected chi connectivity index (χ2v) is 2.26. The molecule has 3 heteroatoms. The highest BCUT2D eigenvalue weighted by atomic mass is 19.1. The number of para-hydroxylation sites is 1. The van der Waals surface area contributed by atoms with Gasteiger partial charge in [0.2, 0.25) is 0 Å². The largest absolute Gasteiger partial charge is 0.508 e. The smallest absolute Gasteiger partial charge is 0.141 e. The highest BCUT2D eigenvalue weighted by Gasteiger charge is 2.10. The van der Waals surface area contributed by atoms with Gasteiger partial charge in [-0.2, -0.15) is 0 Å². The Kier molecular flexibility index (Phi) is 2.44. The van der Waals surface area contributed by atoms with E-state index in [1.54, 1.807) is 12.1 Å². The number of phenols is 1. The number of rotatable bonds is 2. The van der Waals surface area contributed by atoms with Gasteiger partial charge in [0.15, 0.2) is 0 Å². The zero-order chi connectivity index (χ0) is 8.27. The molecular weight excluding hydrogens is 145 g/mol. The van der Waals surface area contributed by atoms with E-state index in [-0.39, 0.29) is 17.9 Å². The van der Waals surface area contributed by atoms with Crippen LogP contribution in [0, 0.1) is 0 Å². The van der Waals surface area contributed by atoms with E-state index in [4.69, 9.17) is 10.8 Å². The van der Waals surface area contributed by atoms with Gasteiger partial charge < -0.3 is 10.8 Å². The molecule has 1 aromatic carbocycles. The first-order valence-electron chi connectivity index (χ1n) is 3.37. The lowest BCUT2D eigenvalue weighted by atomic mass is 10.1. The molecule has 60 valence electrons. The van der Waals surface area contributed by atoms with E-state index < -0.39 is 6.17 Å². The van der Waals surface area contributed by atoms with Crippen LogP contribution in [0.5, 0.6) is 5.75 Å². The summed E-state index contributed by atoms with van der Waals surface area (Å²) in [6, 6.07) is 6.27. The van der Waals surface area contributed by atoms with Crippen molar-refractivity contribution in [2.24, 2.45) is 5.73 Å². The Labute approximate surface area is 64.5 Å². The van der Waals surface area contributed by atoms with Crippen molar-refractivity contribution in [1.29, 1.82) is 0 Å². The summed E-state index contributed by atoms with van der Waals surface area (Å²) in [5, 5.41) is 9.12. The number of hydrogen-bond acceptors (Lipinski definition) is 2. The van der Waals surface area contributed by atoms with Crippen LogP contribution in [0.1, 0.15) is 11.7 Å². The molecule has 0 saturated carbocycles. The minimum Gasteiger partial charge on any atom is -0.508 e. The fraction of sp³-hybridized carbons (Fsp3) is 0.250. The third-order valence-corrected chi connectivity index (χ3v) is 1.48. The van der Waals surface area contributed by atoms with Gasteiger partial charge in [0.1, 0.15) is 11.9 Å². The second kappa shape index (κ2) is 3.34. The van der Waals surface area contributed by atoms with Crippen molar-refractivity contribution >= 4 is 0 Å². The van der Waals surface area contributed by atoms with Crippen molar-refractivity contribution < 1.29 is 9.50 Å². The quantitative estimate of drug-likeness (QED) is 0.677. The highest BCUT2D eigenvalue weighted by molar-refractivity contribution is 5.33. The van der Waals surface area contributed by atoms with Crippen molar-refractivity contribution in [3.63, 3.8) is 0 Å². The van der Waals surface area contributed by atoms with Crippen molar-refractivity contribution in [2.45, 2.75) is 6.17 Å². The molecule has 0 heterocycles. The summed E-state index contributed by atoms with van der Waals surface area (Å²) < 4.78 is 12.8. The Morgan fingerprint density at radius 1 is 1.45 bits per heavy atom. The molecule has 1 unspecified atom stereocenters. The lowest BCUT2D eigenvalue weighted by molar-refractivity contribution is 0.338. The van der Waals surface area contributed by atoms with Crippen LogP contribution in [0.2, 0.25) is 0 Å². The molecule has 0 fully saturated rings. The first-order chi connectivity index (χ1) is 5.25. The van der Waals surface area contributed by atoms with Crippen LogP contribution < -0.4 is 5.73 Å². The molecule has 0 aromatic heterocycles. The Balaban J connectivity index is 2.93. The van der Waals surface area contributed by atoms with Crippen LogP contribution in [-0.4, -0.2) is 11.7 Å². The van der Waals surface area contributed by atoms with Crippen molar-refractivity contribution in [3.05, 3.63) is 29.8 Å². The van der Waals surface area contributed by atoms with E-state index in [1.807, 2.05) is 0 Å². The second-order valence-electron chi connectivity index (χ2n) is 2.26. The molecule has 2 nitrogen and oxygen atoms in total. The first-order valence-corrected chi connectivity index (χ1v) is 3.37. The topological polar surface area (TPSA) is 46.2 Å². The third kappa shape index (κ3) is 1.68. The molecule has 3 N–H and O–H groups in total. The summed E-state index contributed by atoms with van der Waals surface area (Å²) in [6.45, 7) is -0.0996. The third-order valence-electron chi connectivity index (χ3n) is 1.48. The van der Waals surface area contributed by atoms with E-state index in [0.29, 0.717) is 0 Å². The molecule has 1 rings (SSSR count). The molecule has 0 spiro atoms. The van der Waals surface area contributed by atoms with Gasteiger partial charge >= 0.3 is 0 Å². The van der Waals surface area contributed by atoms with E-state index >= 15 is 0 Å². The molecule has 0 aliphatic rings. The molecule has 0 radical (unpaired) electrons. The van der Waals surface area contributed by atoms with E-state index in [2.05, 4.69) is 0 Å². The summed E-state index contributed by atoms with van der Waals surface area (Å²) in [5.74, 6) is -0.0366. The number of halogens is 1. The van der Waals surface area contributed by atoms with Crippen molar-refractivity contribution in [2.75, 3.05) is 6.54 Å². The zero-order valence-corrected chi connectivity index (χ0v) is 6.00. The van der Waals surface area contributed by atoms with Gasteiger partial charge in [-0.05, 0) is 6.07 Å². The monoisotopic (exact) mass is 155 g/mol. The zero-order valence-electron chi connectivity index (χ0n) is 6.00. The molecule has 0 amide bonds. The maximum Gasteiger partial charge on any atom is 0.141 e. The van der Waals surface area contributed by atoms with Gasteiger partial charge in [-0.15, -0.1) is 0 Å². The Hall–Kier alpha value is -1.09. The lowest BCUT2D eigenvalue weighted by Crippen LogP contribution is -2.07. The molecule has 0 bridgehead atoms. The fourth-order valence-electron chi connectivity index (χ4n) is 0.879. The number of hydrogen-bond donors (Lipinski definition) is 2. The van der Waals surface area contributed by atoms with E-state index in [9.17, 15) is 4.39 Å². The molecule has 1 aromatic rings. The highest BCUT2D eigenvalue weighted by Crippen LogP contribution is 2.24. The summed E-state index contributed by atoms with van der Waals surface area (Å²) in [7, 11) is 0. The van der Waals surface area contributed by atoms with Crippen LogP contribution in [0.4, 0.5) is 4.39 Å². The maximum absolute atomic E-state index is 12.8. The predicted octanol–water partition coefficient (Wildman–Crippen LogP) is 1.36. The van der Waals surface area contributed by atoms with Gasteiger partial charge in [0.25, 0.3) is 0 Å². The van der Waals surface area contributed by atoms with Gasteiger partial charge in [-0.25, -0.2) is 4.39 Å². The van der Waals surface area contributed by atoms with Gasteiger partial charge in [-0.3, -0.25) is 0 Å². The van der Waals surface area contributed by atoms with Crippen molar-refractivity contribution in [3.8, 4) is 5.75 Å². The van der Waals surface area contributed by atoms with Crippen LogP contribution in [0.3, 0.4) is 0 Å². The fourth-order valence-corrected chi connectivity index (χ4v) is 0.879. The average molecular weight is 155 g/mol. The van der Waals surface area contributed by atoms with Crippen LogP contribution in [0.15, 0.2) is 24.3 Å². The minimum atomic E-state index is -1.27. The molecule has 0 saturated heterocycles. The molecular formula is C8H10FNO. The van der Waals surface area contributed by atoms with Crippen molar-refractivity contribution in [1.82, 2.24) is 0 Å². The van der Waals surface area contributed by atoms with Crippen LogP contribution in [-0.2, 0) is 0 Å². The summed E-state index contributed by atoms with van der Waals surface area (Å²) in [5.41, 5.74) is 5.35. The molecule has 0 aliphatic carbocycles. The normalized spacial score (nSPS) is 12.9. The number of phenolic OH excluding ortho intramolecular Hbond substituents is 1. The summed E-state index contributed by atoms with van der Waals surface area (Å²) in [4.78, 5) is 0. The summed E-state index contributed by atoms with van der Waals surface area (Å²) >= 11 is 0. The Bertz CT molecular complexity index is 239. The minimum absolute atomic E-state index is 0.0366. The average Bonchev–Trinajstić information content (AvgIpc) is 2.04. The standard InChI is InChI=1S/C8H10FNO/c9-7(5-10)6-3-1-2-4-8(6)11/h1-4,7,11H,5,10H2. The predicted molar refractivity (Wildman–Crippen MR) is 41.0 cm³/mol. The number of nitrogens with two attached hydrogens (primary N) is 1. The SMILES string of the molecule is NCC(F)c1ccccc1O. The first kappa shape index (κ1) is 8.01. The maximum atomic E-state index is 12.8. The number of benzene rings is 1. The van der Waals surface area contributed by atoms with Gasteiger partial charge in [0.05, 0.1) is 0 Å². The molecule has 0 aliphatic heterocycles. The lowest BCUT2D eigenvalue weighted by Gasteiger charge is -2.06. The number of aromatic hydroxyl groups is 1. The van der Waals surface area contributed by atoms with Gasteiger partial charge in [-0.1, -0.05) is 18.2 Å². The van der Waals surface area contributed by atoms with Gasteiger partial charge in [0, 0.05) is 12.1 Å². The summed E-state index contributed by atoms with van der Waals surface area (Å²) in [6.07, 6.45) is -1.27. The molecule has 1 atom stereocenters.